The lowest BCUT2D eigenvalue weighted by Gasteiger charge is -2.09. The summed E-state index contributed by atoms with van der Waals surface area (Å²) in [5, 5.41) is 8.30. The highest BCUT2D eigenvalue weighted by Gasteiger charge is 2.08. The molecule has 0 bridgehead atoms. The predicted molar refractivity (Wildman–Crippen MR) is 107 cm³/mol. The maximum atomic E-state index is 12.3. The van der Waals surface area contributed by atoms with Gasteiger partial charge in [-0.2, -0.15) is 0 Å². The van der Waals surface area contributed by atoms with E-state index in [4.69, 9.17) is 14.2 Å². The summed E-state index contributed by atoms with van der Waals surface area (Å²) in [7, 11) is 0. The molecule has 0 atom stereocenters. The first-order chi connectivity index (χ1) is 14.2. The van der Waals surface area contributed by atoms with E-state index < -0.39 is 5.97 Å². The van der Waals surface area contributed by atoms with Crippen molar-refractivity contribution in [3.05, 3.63) is 58.9 Å². The summed E-state index contributed by atoms with van der Waals surface area (Å²) in [6.45, 7) is 3.18. The second-order valence-electron chi connectivity index (χ2n) is 6.27. The van der Waals surface area contributed by atoms with E-state index >= 15 is 0 Å². The average Bonchev–Trinajstić information content (AvgIpc) is 2.76. The topological polar surface area (TPSA) is 92.5 Å². The van der Waals surface area contributed by atoms with Crippen molar-refractivity contribution in [3.8, 4) is 11.5 Å². The van der Waals surface area contributed by atoms with Crippen molar-refractivity contribution < 1.29 is 19.0 Å². The van der Waals surface area contributed by atoms with Crippen LogP contribution in [0.4, 0.5) is 0 Å². The molecular formula is C21H23N3O5. The normalized spacial score (nSPS) is 10.7. The molecule has 0 N–H and O–H groups in total. The van der Waals surface area contributed by atoms with E-state index in [1.807, 2.05) is 19.1 Å². The van der Waals surface area contributed by atoms with Crippen LogP contribution in [0, 0.1) is 0 Å². The summed E-state index contributed by atoms with van der Waals surface area (Å²) in [6, 6.07) is 14.2. The van der Waals surface area contributed by atoms with Crippen LogP contribution in [0.5, 0.6) is 11.5 Å². The maximum Gasteiger partial charge on any atom is 0.307 e. The Hall–Kier alpha value is -3.42. The second kappa shape index (κ2) is 10.2. The first kappa shape index (κ1) is 20.3. The Morgan fingerprint density at radius 1 is 0.966 bits per heavy atom. The van der Waals surface area contributed by atoms with Gasteiger partial charge in [0.25, 0.3) is 5.56 Å². The van der Waals surface area contributed by atoms with Gasteiger partial charge in [-0.05, 0) is 42.8 Å². The Morgan fingerprint density at radius 3 is 2.38 bits per heavy atom. The highest BCUT2D eigenvalue weighted by atomic mass is 16.6. The molecule has 8 nitrogen and oxygen atoms in total. The van der Waals surface area contributed by atoms with Crippen LogP contribution in [-0.2, 0) is 16.1 Å². The molecule has 0 saturated carbocycles. The number of carbonyl (C=O) groups is 1. The van der Waals surface area contributed by atoms with Crippen molar-refractivity contribution >= 4 is 16.9 Å². The molecule has 1 heterocycles. The summed E-state index contributed by atoms with van der Waals surface area (Å²) >= 11 is 0. The van der Waals surface area contributed by atoms with Gasteiger partial charge < -0.3 is 14.2 Å². The van der Waals surface area contributed by atoms with Gasteiger partial charge in [-0.3, -0.25) is 9.59 Å². The fourth-order valence-corrected chi connectivity index (χ4v) is 2.61. The minimum absolute atomic E-state index is 0.0242. The highest BCUT2D eigenvalue weighted by molar-refractivity contribution is 5.76. The van der Waals surface area contributed by atoms with Gasteiger partial charge >= 0.3 is 5.97 Å². The lowest BCUT2D eigenvalue weighted by molar-refractivity contribution is -0.144. The summed E-state index contributed by atoms with van der Waals surface area (Å²) in [4.78, 5) is 24.2. The molecule has 0 aliphatic heterocycles. The van der Waals surface area contributed by atoms with E-state index in [-0.39, 0.29) is 31.7 Å². The van der Waals surface area contributed by atoms with Gasteiger partial charge in [0, 0.05) is 0 Å². The van der Waals surface area contributed by atoms with E-state index in [1.54, 1.807) is 36.4 Å². The van der Waals surface area contributed by atoms with Crippen LogP contribution < -0.4 is 15.0 Å². The molecule has 152 valence electrons. The fourth-order valence-electron chi connectivity index (χ4n) is 2.61. The number of rotatable bonds is 10. The van der Waals surface area contributed by atoms with E-state index in [0.717, 1.165) is 12.2 Å². The number of hydrogen-bond donors (Lipinski definition) is 0. The van der Waals surface area contributed by atoms with Crippen molar-refractivity contribution in [1.82, 2.24) is 15.0 Å². The first-order valence-electron chi connectivity index (χ1n) is 9.51. The third-order valence-corrected chi connectivity index (χ3v) is 4.07. The number of aryl methyl sites for hydroxylation is 1. The fraction of sp³-hybridized carbons (Fsp3) is 0.333. The molecule has 0 unspecified atom stereocenters. The van der Waals surface area contributed by atoms with Crippen molar-refractivity contribution in [2.45, 2.75) is 26.3 Å². The Bertz CT molecular complexity index is 1000. The van der Waals surface area contributed by atoms with Crippen LogP contribution in [0.25, 0.3) is 10.9 Å². The third-order valence-electron chi connectivity index (χ3n) is 4.07. The SMILES string of the molecule is CCCOc1ccc(OCCOC(=O)CCn2nnc3ccccc3c2=O)cc1. The number of carbonyl (C=O) groups excluding carboxylic acids is 1. The molecule has 8 heteroatoms. The standard InChI is InChI=1S/C21H23N3O5/c1-2-13-27-16-7-9-17(10-8-16)28-14-15-29-20(25)11-12-24-21(26)18-5-3-4-6-19(18)22-23-24/h3-10H,2,11-15H2,1H3. The molecule has 2 aromatic carbocycles. The molecule has 0 amide bonds. The zero-order valence-corrected chi connectivity index (χ0v) is 16.2. The highest BCUT2D eigenvalue weighted by Crippen LogP contribution is 2.17. The zero-order valence-electron chi connectivity index (χ0n) is 16.2. The number of hydrogen-bond acceptors (Lipinski definition) is 7. The number of aromatic nitrogens is 3. The monoisotopic (exact) mass is 397 g/mol. The molecule has 0 radical (unpaired) electrons. The molecule has 29 heavy (non-hydrogen) atoms. The first-order valence-corrected chi connectivity index (χ1v) is 9.51. The lowest BCUT2D eigenvalue weighted by atomic mass is 10.2. The molecule has 0 spiro atoms. The number of fused-ring (bicyclic) bond motifs is 1. The van der Waals surface area contributed by atoms with Crippen LogP contribution in [-0.4, -0.2) is 40.8 Å². The van der Waals surface area contributed by atoms with Gasteiger partial charge in [0.05, 0.1) is 25.0 Å². The number of nitrogens with zero attached hydrogens (tertiary/aromatic N) is 3. The molecule has 3 rings (SSSR count). The largest absolute Gasteiger partial charge is 0.494 e. The summed E-state index contributed by atoms with van der Waals surface area (Å²) in [5.41, 5.74) is 0.247. The predicted octanol–water partition coefficient (Wildman–Crippen LogP) is 2.59. The third kappa shape index (κ3) is 5.78. The van der Waals surface area contributed by atoms with Crippen LogP contribution in [0.1, 0.15) is 19.8 Å². The average molecular weight is 397 g/mol. The van der Waals surface area contributed by atoms with Crippen molar-refractivity contribution in [3.63, 3.8) is 0 Å². The Labute approximate surface area is 168 Å². The number of ether oxygens (including phenoxy) is 3. The molecule has 1 aromatic heterocycles. The molecule has 0 aliphatic carbocycles. The number of benzene rings is 2. The smallest absolute Gasteiger partial charge is 0.307 e. The number of esters is 1. The summed E-state index contributed by atoms with van der Waals surface area (Å²) in [5.74, 6) is 1.03. The lowest BCUT2D eigenvalue weighted by Crippen LogP contribution is -2.26. The molecule has 3 aromatic rings. The van der Waals surface area contributed by atoms with Gasteiger partial charge in [-0.25, -0.2) is 4.68 Å². The van der Waals surface area contributed by atoms with Crippen LogP contribution in [0.3, 0.4) is 0 Å². The van der Waals surface area contributed by atoms with Gasteiger partial charge in [0.15, 0.2) is 0 Å². The molecule has 0 aliphatic rings. The Morgan fingerprint density at radius 2 is 1.66 bits per heavy atom. The summed E-state index contributed by atoms with van der Waals surface area (Å²) < 4.78 is 17.3. The van der Waals surface area contributed by atoms with Gasteiger partial charge in [-0.1, -0.05) is 24.3 Å². The molecular weight excluding hydrogens is 374 g/mol. The zero-order chi connectivity index (χ0) is 20.5. The van der Waals surface area contributed by atoms with Gasteiger partial charge in [0.2, 0.25) is 0 Å². The quantitative estimate of drug-likeness (QED) is 0.383. The van der Waals surface area contributed by atoms with E-state index in [2.05, 4.69) is 10.3 Å². The maximum absolute atomic E-state index is 12.3. The van der Waals surface area contributed by atoms with Crippen LogP contribution in [0.2, 0.25) is 0 Å². The second-order valence-corrected chi connectivity index (χ2v) is 6.27. The van der Waals surface area contributed by atoms with Gasteiger partial charge in [0.1, 0.15) is 30.2 Å². The summed E-state index contributed by atoms with van der Waals surface area (Å²) in [6.07, 6.45) is 0.974. The van der Waals surface area contributed by atoms with Crippen LogP contribution in [0.15, 0.2) is 53.3 Å². The Balaban J connectivity index is 1.39. The van der Waals surface area contributed by atoms with Crippen LogP contribution >= 0.6 is 0 Å². The van der Waals surface area contributed by atoms with Crippen molar-refractivity contribution in [2.75, 3.05) is 19.8 Å². The van der Waals surface area contributed by atoms with E-state index in [1.165, 1.54) is 4.68 Å². The van der Waals surface area contributed by atoms with Crippen molar-refractivity contribution in [1.29, 1.82) is 0 Å². The van der Waals surface area contributed by atoms with Gasteiger partial charge in [-0.15, -0.1) is 5.10 Å². The minimum atomic E-state index is -0.432. The van der Waals surface area contributed by atoms with Crippen molar-refractivity contribution in [2.24, 2.45) is 0 Å². The molecule has 0 saturated heterocycles. The van der Waals surface area contributed by atoms with E-state index in [0.29, 0.717) is 23.3 Å². The minimum Gasteiger partial charge on any atom is -0.494 e. The Kier molecular flexibility index (Phi) is 7.16. The van der Waals surface area contributed by atoms with E-state index in [9.17, 15) is 9.59 Å². The molecule has 0 fully saturated rings.